The van der Waals surface area contributed by atoms with E-state index in [1.54, 1.807) is 4.68 Å². The average Bonchev–Trinajstić information content (AvgIpc) is 2.73. The fraction of sp³-hybridized carbons (Fsp3) is 0.714. The van der Waals surface area contributed by atoms with Gasteiger partial charge in [-0.2, -0.15) is 5.10 Å². The third-order valence-electron chi connectivity index (χ3n) is 4.06. The molecule has 6 nitrogen and oxygen atoms in total. The Kier molecular flexibility index (Phi) is 4.32. The second-order valence-electron chi connectivity index (χ2n) is 5.77. The SMILES string of the molecule is CCn1nc(C)c(N)c1C(=O)NCC1(C)CCOCC1. The number of aryl methyl sites for hydroxylation is 2. The van der Waals surface area contributed by atoms with Gasteiger partial charge >= 0.3 is 0 Å². The van der Waals surface area contributed by atoms with Crippen LogP contribution < -0.4 is 11.1 Å². The molecule has 2 heterocycles. The molecule has 0 spiro atoms. The molecule has 1 aliphatic heterocycles. The van der Waals surface area contributed by atoms with Crippen LogP contribution in [0.1, 0.15) is 42.9 Å². The average molecular weight is 280 g/mol. The van der Waals surface area contributed by atoms with Crippen LogP contribution in [0.3, 0.4) is 0 Å². The molecule has 1 aromatic rings. The lowest BCUT2D eigenvalue weighted by atomic mass is 9.82. The molecule has 1 aliphatic rings. The van der Waals surface area contributed by atoms with Gasteiger partial charge in [0.1, 0.15) is 5.69 Å². The predicted molar refractivity (Wildman–Crippen MR) is 77.5 cm³/mol. The summed E-state index contributed by atoms with van der Waals surface area (Å²) in [6.07, 6.45) is 1.93. The van der Waals surface area contributed by atoms with Gasteiger partial charge < -0.3 is 15.8 Å². The minimum Gasteiger partial charge on any atom is -0.395 e. The van der Waals surface area contributed by atoms with E-state index in [4.69, 9.17) is 10.5 Å². The van der Waals surface area contributed by atoms with Crippen molar-refractivity contribution in [3.8, 4) is 0 Å². The van der Waals surface area contributed by atoms with Gasteiger partial charge in [0, 0.05) is 26.3 Å². The van der Waals surface area contributed by atoms with Gasteiger partial charge in [0.25, 0.3) is 5.91 Å². The molecule has 0 radical (unpaired) electrons. The molecule has 6 heteroatoms. The third-order valence-corrected chi connectivity index (χ3v) is 4.06. The van der Waals surface area contributed by atoms with Crippen molar-refractivity contribution in [2.45, 2.75) is 40.2 Å². The van der Waals surface area contributed by atoms with Crippen molar-refractivity contribution in [3.63, 3.8) is 0 Å². The minimum absolute atomic E-state index is 0.106. The van der Waals surface area contributed by atoms with Gasteiger partial charge in [0.15, 0.2) is 0 Å². The molecule has 0 atom stereocenters. The number of hydrogen-bond acceptors (Lipinski definition) is 4. The second-order valence-corrected chi connectivity index (χ2v) is 5.77. The topological polar surface area (TPSA) is 82.2 Å². The molecule has 0 aromatic carbocycles. The molecule has 1 fully saturated rings. The molecule has 3 N–H and O–H groups in total. The standard InChI is InChI=1S/C14H24N4O2/c1-4-18-12(11(15)10(2)17-18)13(19)16-9-14(3)5-7-20-8-6-14/h4-9,15H2,1-3H3,(H,16,19). The summed E-state index contributed by atoms with van der Waals surface area (Å²) in [7, 11) is 0. The molecule has 2 rings (SSSR count). The number of carbonyl (C=O) groups excluding carboxylic acids is 1. The van der Waals surface area contributed by atoms with Crippen molar-refractivity contribution in [2.75, 3.05) is 25.5 Å². The van der Waals surface area contributed by atoms with E-state index in [-0.39, 0.29) is 11.3 Å². The van der Waals surface area contributed by atoms with Crippen LogP contribution in [0.4, 0.5) is 5.69 Å². The summed E-state index contributed by atoms with van der Waals surface area (Å²) in [4.78, 5) is 12.4. The molecule has 20 heavy (non-hydrogen) atoms. The van der Waals surface area contributed by atoms with Gasteiger partial charge in [0.05, 0.1) is 11.4 Å². The molecular weight excluding hydrogens is 256 g/mol. The van der Waals surface area contributed by atoms with E-state index >= 15 is 0 Å². The number of nitrogens with zero attached hydrogens (tertiary/aromatic N) is 2. The summed E-state index contributed by atoms with van der Waals surface area (Å²) in [5.41, 5.74) is 7.71. The molecule has 0 aliphatic carbocycles. The maximum absolute atomic E-state index is 12.4. The number of nitrogens with one attached hydrogen (secondary N) is 1. The Morgan fingerprint density at radius 1 is 1.50 bits per heavy atom. The Balaban J connectivity index is 2.05. The van der Waals surface area contributed by atoms with E-state index in [0.717, 1.165) is 26.1 Å². The minimum atomic E-state index is -0.141. The van der Waals surface area contributed by atoms with Crippen LogP contribution in [0.2, 0.25) is 0 Å². The number of carbonyl (C=O) groups is 1. The Bertz CT molecular complexity index is 490. The van der Waals surface area contributed by atoms with E-state index in [1.165, 1.54) is 0 Å². The van der Waals surface area contributed by atoms with Gasteiger partial charge in [-0.3, -0.25) is 9.48 Å². The van der Waals surface area contributed by atoms with Gasteiger partial charge in [-0.1, -0.05) is 6.92 Å². The zero-order chi connectivity index (χ0) is 14.8. The van der Waals surface area contributed by atoms with E-state index in [2.05, 4.69) is 17.3 Å². The third kappa shape index (κ3) is 2.95. The smallest absolute Gasteiger partial charge is 0.271 e. The lowest BCUT2D eigenvalue weighted by Gasteiger charge is -2.33. The fourth-order valence-corrected chi connectivity index (χ4v) is 2.48. The second kappa shape index (κ2) is 5.83. The number of anilines is 1. The number of aromatic nitrogens is 2. The maximum atomic E-state index is 12.4. The molecule has 112 valence electrons. The highest BCUT2D eigenvalue weighted by molar-refractivity contribution is 5.98. The summed E-state index contributed by atoms with van der Waals surface area (Å²) in [5, 5.41) is 7.28. The predicted octanol–water partition coefficient (Wildman–Crippen LogP) is 1.34. The van der Waals surface area contributed by atoms with E-state index < -0.39 is 0 Å². The molecule has 0 bridgehead atoms. The van der Waals surface area contributed by atoms with Crippen molar-refractivity contribution in [1.82, 2.24) is 15.1 Å². The summed E-state index contributed by atoms with van der Waals surface area (Å²) < 4.78 is 7.03. The first-order chi connectivity index (χ1) is 9.47. The number of amides is 1. The normalized spacial score (nSPS) is 17.9. The maximum Gasteiger partial charge on any atom is 0.271 e. The molecular formula is C14H24N4O2. The van der Waals surface area contributed by atoms with Crippen molar-refractivity contribution in [1.29, 1.82) is 0 Å². The summed E-state index contributed by atoms with van der Waals surface area (Å²) in [6.45, 7) is 8.75. The Morgan fingerprint density at radius 3 is 2.75 bits per heavy atom. The molecule has 1 amide bonds. The Morgan fingerprint density at radius 2 is 2.15 bits per heavy atom. The highest BCUT2D eigenvalue weighted by Gasteiger charge is 2.29. The summed E-state index contributed by atoms with van der Waals surface area (Å²) in [5.74, 6) is -0.141. The van der Waals surface area contributed by atoms with Crippen LogP contribution >= 0.6 is 0 Å². The first-order valence-electron chi connectivity index (χ1n) is 7.15. The molecule has 0 unspecified atom stereocenters. The van der Waals surface area contributed by atoms with Gasteiger partial charge in [-0.05, 0) is 32.1 Å². The van der Waals surface area contributed by atoms with E-state index in [1.807, 2.05) is 13.8 Å². The largest absolute Gasteiger partial charge is 0.395 e. The Labute approximate surface area is 119 Å². The summed E-state index contributed by atoms with van der Waals surface area (Å²) in [6, 6.07) is 0. The van der Waals surface area contributed by atoms with Crippen LogP contribution in [-0.4, -0.2) is 35.4 Å². The van der Waals surface area contributed by atoms with Crippen LogP contribution in [-0.2, 0) is 11.3 Å². The first kappa shape index (κ1) is 14.8. The van der Waals surface area contributed by atoms with Gasteiger partial charge in [-0.25, -0.2) is 0 Å². The van der Waals surface area contributed by atoms with E-state index in [9.17, 15) is 4.79 Å². The Hall–Kier alpha value is -1.56. The molecule has 0 saturated carbocycles. The number of ether oxygens (including phenoxy) is 1. The highest BCUT2D eigenvalue weighted by atomic mass is 16.5. The van der Waals surface area contributed by atoms with Crippen LogP contribution in [0.5, 0.6) is 0 Å². The lowest BCUT2D eigenvalue weighted by Crippen LogP contribution is -2.40. The number of hydrogen-bond donors (Lipinski definition) is 2. The monoisotopic (exact) mass is 280 g/mol. The zero-order valence-corrected chi connectivity index (χ0v) is 12.5. The van der Waals surface area contributed by atoms with Crippen molar-refractivity contribution in [2.24, 2.45) is 5.41 Å². The van der Waals surface area contributed by atoms with Crippen LogP contribution in [0.25, 0.3) is 0 Å². The highest BCUT2D eigenvalue weighted by Crippen LogP contribution is 2.29. The fourth-order valence-electron chi connectivity index (χ4n) is 2.48. The van der Waals surface area contributed by atoms with Crippen LogP contribution in [0.15, 0.2) is 0 Å². The molecule has 1 aromatic heterocycles. The molecule has 1 saturated heterocycles. The summed E-state index contributed by atoms with van der Waals surface area (Å²) >= 11 is 0. The van der Waals surface area contributed by atoms with E-state index in [0.29, 0.717) is 30.2 Å². The van der Waals surface area contributed by atoms with Gasteiger partial charge in [-0.15, -0.1) is 0 Å². The lowest BCUT2D eigenvalue weighted by molar-refractivity contribution is 0.0238. The quantitative estimate of drug-likeness (QED) is 0.872. The first-order valence-corrected chi connectivity index (χ1v) is 7.15. The van der Waals surface area contributed by atoms with Crippen molar-refractivity contribution < 1.29 is 9.53 Å². The van der Waals surface area contributed by atoms with Crippen molar-refractivity contribution in [3.05, 3.63) is 11.4 Å². The van der Waals surface area contributed by atoms with Crippen LogP contribution in [0, 0.1) is 12.3 Å². The number of rotatable bonds is 4. The zero-order valence-electron chi connectivity index (χ0n) is 12.5. The van der Waals surface area contributed by atoms with Crippen molar-refractivity contribution >= 4 is 11.6 Å². The number of nitrogen functional groups attached to an aromatic ring is 1. The number of nitrogens with two attached hydrogens (primary N) is 1. The van der Waals surface area contributed by atoms with Gasteiger partial charge in [0.2, 0.25) is 0 Å².